The SMILES string of the molecule is CC.N#Cc1nccnc1-c1ccc(CO)cc1. The van der Waals surface area contributed by atoms with E-state index in [4.69, 9.17) is 10.4 Å². The molecule has 4 nitrogen and oxygen atoms in total. The third-order valence-electron chi connectivity index (χ3n) is 2.21. The standard InChI is InChI=1S/C12H9N3O.C2H6/c13-7-11-12(15-6-5-14-11)10-3-1-9(8-16)2-4-10;1-2/h1-6,16H,8H2;1-2H3. The smallest absolute Gasteiger partial charge is 0.166 e. The summed E-state index contributed by atoms with van der Waals surface area (Å²) in [5.41, 5.74) is 2.52. The Labute approximate surface area is 107 Å². The second kappa shape index (κ2) is 7.15. The van der Waals surface area contributed by atoms with Crippen molar-refractivity contribution in [2.45, 2.75) is 20.5 Å². The highest BCUT2D eigenvalue weighted by Crippen LogP contribution is 2.19. The summed E-state index contributed by atoms with van der Waals surface area (Å²) in [6.45, 7) is 4.01. The molecule has 0 saturated heterocycles. The molecule has 4 heteroatoms. The Bertz CT molecular complexity index is 529. The number of hydrogen-bond acceptors (Lipinski definition) is 4. The number of rotatable bonds is 2. The van der Waals surface area contributed by atoms with Crippen LogP contribution in [0.3, 0.4) is 0 Å². The maximum absolute atomic E-state index is 8.92. The number of hydrogen-bond donors (Lipinski definition) is 1. The van der Waals surface area contributed by atoms with Gasteiger partial charge in [-0.3, -0.25) is 4.98 Å². The average Bonchev–Trinajstić information content (AvgIpc) is 2.49. The fraction of sp³-hybridized carbons (Fsp3) is 0.214. The van der Waals surface area contributed by atoms with Gasteiger partial charge in [0, 0.05) is 18.0 Å². The predicted octanol–water partition coefficient (Wildman–Crippen LogP) is 2.53. The summed E-state index contributed by atoms with van der Waals surface area (Å²) in [7, 11) is 0. The summed E-state index contributed by atoms with van der Waals surface area (Å²) in [6.07, 6.45) is 3.04. The van der Waals surface area contributed by atoms with E-state index in [0.29, 0.717) is 11.4 Å². The lowest BCUT2D eigenvalue weighted by atomic mass is 10.1. The van der Waals surface area contributed by atoms with Gasteiger partial charge >= 0.3 is 0 Å². The Morgan fingerprint density at radius 1 is 1.11 bits per heavy atom. The number of aromatic nitrogens is 2. The molecule has 0 bridgehead atoms. The molecule has 1 heterocycles. The molecule has 0 spiro atoms. The molecule has 0 radical (unpaired) electrons. The summed E-state index contributed by atoms with van der Waals surface area (Å²) >= 11 is 0. The van der Waals surface area contributed by atoms with E-state index in [0.717, 1.165) is 11.1 Å². The lowest BCUT2D eigenvalue weighted by molar-refractivity contribution is 0.282. The van der Waals surface area contributed by atoms with E-state index in [1.165, 1.54) is 6.20 Å². The quantitative estimate of drug-likeness (QED) is 0.877. The van der Waals surface area contributed by atoms with Crippen LogP contribution >= 0.6 is 0 Å². The van der Waals surface area contributed by atoms with Crippen LogP contribution < -0.4 is 0 Å². The number of aliphatic hydroxyl groups is 1. The van der Waals surface area contributed by atoms with E-state index in [1.54, 1.807) is 18.3 Å². The largest absolute Gasteiger partial charge is 0.392 e. The summed E-state index contributed by atoms with van der Waals surface area (Å²) in [5, 5.41) is 17.8. The van der Waals surface area contributed by atoms with Gasteiger partial charge in [-0.1, -0.05) is 38.1 Å². The van der Waals surface area contributed by atoms with Crippen molar-refractivity contribution >= 4 is 0 Å². The fourth-order valence-electron chi connectivity index (χ4n) is 1.40. The molecule has 0 fully saturated rings. The normalized spacial score (nSPS) is 9.00. The van der Waals surface area contributed by atoms with Gasteiger partial charge in [0.05, 0.1) is 6.61 Å². The Hall–Kier alpha value is -2.25. The maximum atomic E-state index is 8.92. The molecule has 0 aliphatic rings. The van der Waals surface area contributed by atoms with Crippen molar-refractivity contribution in [2.24, 2.45) is 0 Å². The van der Waals surface area contributed by atoms with Gasteiger partial charge in [0.25, 0.3) is 0 Å². The van der Waals surface area contributed by atoms with E-state index in [2.05, 4.69) is 9.97 Å². The van der Waals surface area contributed by atoms with Crippen molar-refractivity contribution in [1.82, 2.24) is 9.97 Å². The molecule has 18 heavy (non-hydrogen) atoms. The van der Waals surface area contributed by atoms with E-state index in [9.17, 15) is 0 Å². The summed E-state index contributed by atoms with van der Waals surface area (Å²) < 4.78 is 0. The predicted molar refractivity (Wildman–Crippen MR) is 69.5 cm³/mol. The lowest BCUT2D eigenvalue weighted by Gasteiger charge is -2.02. The minimum atomic E-state index is 0.00581. The molecule has 2 rings (SSSR count). The molecule has 0 aliphatic carbocycles. The topological polar surface area (TPSA) is 69.8 Å². The van der Waals surface area contributed by atoms with Gasteiger partial charge in [-0.15, -0.1) is 0 Å². The Kier molecular flexibility index (Phi) is 5.49. The first-order valence-corrected chi connectivity index (χ1v) is 5.76. The zero-order valence-corrected chi connectivity index (χ0v) is 10.5. The maximum Gasteiger partial charge on any atom is 0.166 e. The molecule has 1 aromatic heterocycles. The highest BCUT2D eigenvalue weighted by atomic mass is 16.3. The van der Waals surface area contributed by atoms with Crippen molar-refractivity contribution < 1.29 is 5.11 Å². The van der Waals surface area contributed by atoms with Crippen molar-refractivity contribution in [1.29, 1.82) is 5.26 Å². The van der Waals surface area contributed by atoms with Crippen LogP contribution in [0.1, 0.15) is 25.1 Å². The van der Waals surface area contributed by atoms with E-state index in [-0.39, 0.29) is 6.61 Å². The molecule has 1 N–H and O–H groups in total. The van der Waals surface area contributed by atoms with E-state index < -0.39 is 0 Å². The molecule has 0 unspecified atom stereocenters. The van der Waals surface area contributed by atoms with Crippen LogP contribution in [0, 0.1) is 11.3 Å². The van der Waals surface area contributed by atoms with Gasteiger partial charge in [0.2, 0.25) is 0 Å². The summed E-state index contributed by atoms with van der Waals surface area (Å²) in [4.78, 5) is 8.07. The van der Waals surface area contributed by atoms with Crippen LogP contribution in [0.25, 0.3) is 11.3 Å². The molecule has 0 atom stereocenters. The molecular weight excluding hydrogens is 226 g/mol. The first kappa shape index (κ1) is 13.8. The van der Waals surface area contributed by atoms with Gasteiger partial charge in [0.1, 0.15) is 11.8 Å². The third-order valence-corrected chi connectivity index (χ3v) is 2.21. The van der Waals surface area contributed by atoms with Gasteiger partial charge in [-0.2, -0.15) is 5.26 Å². The minimum Gasteiger partial charge on any atom is -0.392 e. The highest BCUT2D eigenvalue weighted by molar-refractivity contribution is 5.64. The van der Waals surface area contributed by atoms with Crippen molar-refractivity contribution in [3.05, 3.63) is 47.9 Å². The number of nitrogens with zero attached hydrogens (tertiary/aromatic N) is 3. The van der Waals surface area contributed by atoms with Crippen LogP contribution in [0.2, 0.25) is 0 Å². The first-order chi connectivity index (χ1) is 8.85. The average molecular weight is 241 g/mol. The Morgan fingerprint density at radius 2 is 1.72 bits per heavy atom. The molecule has 1 aromatic carbocycles. The Balaban J connectivity index is 0.000000771. The highest BCUT2D eigenvalue weighted by Gasteiger charge is 2.06. The van der Waals surface area contributed by atoms with E-state index >= 15 is 0 Å². The summed E-state index contributed by atoms with van der Waals surface area (Å²) in [5.74, 6) is 0. The van der Waals surface area contributed by atoms with Crippen LogP contribution in [0.4, 0.5) is 0 Å². The van der Waals surface area contributed by atoms with Crippen molar-refractivity contribution in [3.63, 3.8) is 0 Å². The zero-order chi connectivity index (χ0) is 13.4. The second-order valence-corrected chi connectivity index (χ2v) is 3.22. The number of aliphatic hydroxyl groups excluding tert-OH is 1. The van der Waals surface area contributed by atoms with Crippen LogP contribution in [0.15, 0.2) is 36.7 Å². The van der Waals surface area contributed by atoms with Crippen LogP contribution in [-0.2, 0) is 6.61 Å². The molecule has 92 valence electrons. The van der Waals surface area contributed by atoms with Crippen molar-refractivity contribution in [3.8, 4) is 17.3 Å². The minimum absolute atomic E-state index is 0.00581. The monoisotopic (exact) mass is 241 g/mol. The van der Waals surface area contributed by atoms with Gasteiger partial charge in [0.15, 0.2) is 5.69 Å². The number of nitriles is 1. The van der Waals surface area contributed by atoms with Crippen LogP contribution in [-0.4, -0.2) is 15.1 Å². The third kappa shape index (κ3) is 3.12. The molecule has 0 aliphatic heterocycles. The molecule has 0 saturated carbocycles. The van der Waals surface area contributed by atoms with Crippen molar-refractivity contribution in [2.75, 3.05) is 0 Å². The zero-order valence-electron chi connectivity index (χ0n) is 10.5. The van der Waals surface area contributed by atoms with Gasteiger partial charge in [-0.25, -0.2) is 4.98 Å². The molecular formula is C14H15N3O. The second-order valence-electron chi connectivity index (χ2n) is 3.22. The van der Waals surface area contributed by atoms with Gasteiger partial charge in [-0.05, 0) is 5.56 Å². The fourth-order valence-corrected chi connectivity index (χ4v) is 1.40. The first-order valence-electron chi connectivity index (χ1n) is 5.76. The summed E-state index contributed by atoms with van der Waals surface area (Å²) in [6, 6.07) is 9.22. The van der Waals surface area contributed by atoms with Gasteiger partial charge < -0.3 is 5.11 Å². The lowest BCUT2D eigenvalue weighted by Crippen LogP contribution is -1.92. The molecule has 0 amide bonds. The van der Waals surface area contributed by atoms with Crippen LogP contribution in [0.5, 0.6) is 0 Å². The Morgan fingerprint density at radius 3 is 2.28 bits per heavy atom. The van der Waals surface area contributed by atoms with E-state index in [1.807, 2.05) is 32.0 Å². The number of benzene rings is 1. The molecule has 2 aromatic rings.